The van der Waals surface area contributed by atoms with Crippen LogP contribution in [0.5, 0.6) is 0 Å². The second-order valence-electron chi connectivity index (χ2n) is 4.09. The predicted molar refractivity (Wildman–Crippen MR) is 77.6 cm³/mol. The summed E-state index contributed by atoms with van der Waals surface area (Å²) in [5.41, 5.74) is 2.63. The van der Waals surface area contributed by atoms with Crippen LogP contribution >= 0.6 is 23.2 Å². The molecule has 2 nitrogen and oxygen atoms in total. The summed E-state index contributed by atoms with van der Waals surface area (Å²) in [4.78, 5) is 4.16. The molecule has 0 spiro atoms. The third-order valence-corrected chi connectivity index (χ3v) is 3.25. The molecule has 2 aromatic rings. The van der Waals surface area contributed by atoms with Crippen LogP contribution in [0.3, 0.4) is 0 Å². The van der Waals surface area contributed by atoms with Crippen molar-refractivity contribution in [3.63, 3.8) is 0 Å². The smallest absolute Gasteiger partial charge is 0.144 e. The van der Waals surface area contributed by atoms with E-state index in [9.17, 15) is 0 Å². The van der Waals surface area contributed by atoms with Crippen molar-refractivity contribution in [2.24, 2.45) is 0 Å². The number of rotatable bonds is 4. The maximum absolute atomic E-state index is 6.03. The molecule has 94 valence electrons. The van der Waals surface area contributed by atoms with E-state index in [0.717, 1.165) is 13.0 Å². The zero-order chi connectivity index (χ0) is 13.0. The lowest BCUT2D eigenvalue weighted by Gasteiger charge is -2.09. The minimum atomic E-state index is 0.546. The first-order valence-electron chi connectivity index (χ1n) is 5.76. The molecule has 0 atom stereocenters. The van der Waals surface area contributed by atoms with Gasteiger partial charge in [0, 0.05) is 12.7 Å². The van der Waals surface area contributed by atoms with Gasteiger partial charge in [-0.3, -0.25) is 0 Å². The Labute approximate surface area is 117 Å². The molecule has 0 radical (unpaired) electrons. The van der Waals surface area contributed by atoms with Crippen LogP contribution in [0, 0.1) is 6.92 Å². The summed E-state index contributed by atoms with van der Waals surface area (Å²) in [6, 6.07) is 10.0. The van der Waals surface area contributed by atoms with Gasteiger partial charge in [-0.2, -0.15) is 0 Å². The van der Waals surface area contributed by atoms with Crippen LogP contribution in [0.2, 0.25) is 10.0 Å². The summed E-state index contributed by atoms with van der Waals surface area (Å²) in [5.74, 6) is 0.676. The van der Waals surface area contributed by atoms with Crippen LogP contribution in [-0.2, 0) is 6.42 Å². The maximum Gasteiger partial charge on any atom is 0.144 e. The van der Waals surface area contributed by atoms with E-state index in [0.29, 0.717) is 15.9 Å². The van der Waals surface area contributed by atoms with Gasteiger partial charge < -0.3 is 5.32 Å². The van der Waals surface area contributed by atoms with Crippen LogP contribution in [-0.4, -0.2) is 11.5 Å². The molecule has 1 heterocycles. The van der Waals surface area contributed by atoms with Crippen LogP contribution < -0.4 is 5.32 Å². The summed E-state index contributed by atoms with van der Waals surface area (Å²) >= 11 is 11.8. The standard InChI is InChI=1S/C14H14Cl2N2/c1-10-4-2-3-5-11(10)6-7-17-14-13(16)8-12(15)9-18-14/h2-5,8-9H,6-7H2,1H3,(H,17,18). The average Bonchev–Trinajstić information content (AvgIpc) is 2.34. The van der Waals surface area contributed by atoms with Crippen molar-refractivity contribution in [2.45, 2.75) is 13.3 Å². The molecule has 0 unspecified atom stereocenters. The van der Waals surface area contributed by atoms with Crippen molar-refractivity contribution in [3.05, 3.63) is 57.7 Å². The highest BCUT2D eigenvalue weighted by molar-refractivity contribution is 6.35. The van der Waals surface area contributed by atoms with Crippen molar-refractivity contribution in [3.8, 4) is 0 Å². The molecular weight excluding hydrogens is 267 g/mol. The minimum absolute atomic E-state index is 0.546. The molecule has 1 aromatic carbocycles. The topological polar surface area (TPSA) is 24.9 Å². The largest absolute Gasteiger partial charge is 0.369 e. The zero-order valence-electron chi connectivity index (χ0n) is 10.1. The lowest BCUT2D eigenvalue weighted by atomic mass is 10.1. The van der Waals surface area contributed by atoms with Crippen molar-refractivity contribution < 1.29 is 0 Å². The molecule has 0 amide bonds. The molecule has 0 bridgehead atoms. The number of halogens is 2. The Balaban J connectivity index is 1.95. The van der Waals surface area contributed by atoms with Crippen molar-refractivity contribution >= 4 is 29.0 Å². The Hall–Kier alpha value is -1.25. The van der Waals surface area contributed by atoms with Gasteiger partial charge in [-0.05, 0) is 30.5 Å². The Kier molecular flexibility index (Phi) is 4.45. The molecule has 0 saturated heterocycles. The Morgan fingerprint density at radius 3 is 2.72 bits per heavy atom. The van der Waals surface area contributed by atoms with E-state index in [4.69, 9.17) is 23.2 Å². The normalized spacial score (nSPS) is 10.4. The first kappa shape index (κ1) is 13.2. The summed E-state index contributed by atoms with van der Waals surface area (Å²) < 4.78 is 0. The fourth-order valence-corrected chi connectivity index (χ4v) is 2.20. The van der Waals surface area contributed by atoms with Crippen LogP contribution in [0.1, 0.15) is 11.1 Å². The van der Waals surface area contributed by atoms with E-state index in [-0.39, 0.29) is 0 Å². The number of pyridine rings is 1. The van der Waals surface area contributed by atoms with Gasteiger partial charge >= 0.3 is 0 Å². The Morgan fingerprint density at radius 1 is 1.22 bits per heavy atom. The highest BCUT2D eigenvalue weighted by atomic mass is 35.5. The molecule has 0 fully saturated rings. The van der Waals surface area contributed by atoms with E-state index in [1.807, 2.05) is 6.07 Å². The first-order chi connectivity index (χ1) is 8.66. The lowest BCUT2D eigenvalue weighted by Crippen LogP contribution is -2.07. The number of hydrogen-bond acceptors (Lipinski definition) is 2. The molecular formula is C14H14Cl2N2. The summed E-state index contributed by atoms with van der Waals surface area (Å²) in [7, 11) is 0. The van der Waals surface area contributed by atoms with Crippen LogP contribution in [0.4, 0.5) is 5.82 Å². The van der Waals surface area contributed by atoms with Gasteiger partial charge in [0.1, 0.15) is 5.82 Å². The molecule has 0 aliphatic rings. The number of hydrogen-bond donors (Lipinski definition) is 1. The van der Waals surface area contributed by atoms with Gasteiger partial charge in [-0.1, -0.05) is 47.5 Å². The van der Waals surface area contributed by atoms with E-state index >= 15 is 0 Å². The monoisotopic (exact) mass is 280 g/mol. The van der Waals surface area contributed by atoms with Gasteiger partial charge in [0.2, 0.25) is 0 Å². The zero-order valence-corrected chi connectivity index (χ0v) is 11.6. The number of anilines is 1. The summed E-state index contributed by atoms with van der Waals surface area (Å²) in [5, 5.41) is 4.31. The van der Waals surface area contributed by atoms with Crippen LogP contribution in [0.15, 0.2) is 36.5 Å². The van der Waals surface area contributed by atoms with Crippen molar-refractivity contribution in [1.82, 2.24) is 4.98 Å². The lowest BCUT2D eigenvalue weighted by molar-refractivity contribution is 0.994. The summed E-state index contributed by atoms with van der Waals surface area (Å²) in [6.45, 7) is 2.90. The van der Waals surface area contributed by atoms with E-state index in [1.165, 1.54) is 11.1 Å². The molecule has 2 rings (SSSR count). The van der Waals surface area contributed by atoms with Gasteiger partial charge in [0.05, 0.1) is 10.0 Å². The van der Waals surface area contributed by atoms with Crippen LogP contribution in [0.25, 0.3) is 0 Å². The molecule has 18 heavy (non-hydrogen) atoms. The SMILES string of the molecule is Cc1ccccc1CCNc1ncc(Cl)cc1Cl. The maximum atomic E-state index is 6.03. The van der Waals surface area contributed by atoms with Gasteiger partial charge in [-0.25, -0.2) is 4.98 Å². The molecule has 1 N–H and O–H groups in total. The molecule has 0 aliphatic carbocycles. The second-order valence-corrected chi connectivity index (χ2v) is 4.93. The van der Waals surface area contributed by atoms with E-state index < -0.39 is 0 Å². The predicted octanol–water partition coefficient (Wildman–Crippen LogP) is 4.35. The summed E-state index contributed by atoms with van der Waals surface area (Å²) in [6.07, 6.45) is 2.52. The highest BCUT2D eigenvalue weighted by Crippen LogP contribution is 2.22. The number of benzene rings is 1. The van der Waals surface area contributed by atoms with Crippen molar-refractivity contribution in [1.29, 1.82) is 0 Å². The number of aromatic nitrogens is 1. The highest BCUT2D eigenvalue weighted by Gasteiger charge is 2.02. The van der Waals surface area contributed by atoms with Gasteiger partial charge in [-0.15, -0.1) is 0 Å². The molecule has 4 heteroatoms. The molecule has 0 saturated carbocycles. The number of nitrogens with one attached hydrogen (secondary N) is 1. The average molecular weight is 281 g/mol. The second kappa shape index (κ2) is 6.07. The third-order valence-electron chi connectivity index (χ3n) is 2.76. The Bertz CT molecular complexity index is 541. The molecule has 0 aliphatic heterocycles. The molecule has 1 aromatic heterocycles. The van der Waals surface area contributed by atoms with Crippen molar-refractivity contribution in [2.75, 3.05) is 11.9 Å². The fraction of sp³-hybridized carbons (Fsp3) is 0.214. The first-order valence-corrected chi connectivity index (χ1v) is 6.52. The van der Waals surface area contributed by atoms with Gasteiger partial charge in [0.25, 0.3) is 0 Å². The van der Waals surface area contributed by atoms with Gasteiger partial charge in [0.15, 0.2) is 0 Å². The van der Waals surface area contributed by atoms with E-state index in [2.05, 4.69) is 35.4 Å². The number of aryl methyl sites for hydroxylation is 1. The minimum Gasteiger partial charge on any atom is -0.369 e. The third kappa shape index (κ3) is 3.37. The Morgan fingerprint density at radius 2 is 2.00 bits per heavy atom. The number of nitrogens with zero attached hydrogens (tertiary/aromatic N) is 1. The fourth-order valence-electron chi connectivity index (χ4n) is 1.75. The quantitative estimate of drug-likeness (QED) is 0.901. The van der Waals surface area contributed by atoms with E-state index in [1.54, 1.807) is 12.3 Å².